The largest absolute Gasteiger partial charge is 0.346 e. The number of rotatable bonds is 3. The number of aromatic nitrogens is 1. The molecule has 2 aromatic rings. The fourth-order valence-electron chi connectivity index (χ4n) is 1.23. The zero-order chi connectivity index (χ0) is 11.4. The lowest BCUT2D eigenvalue weighted by atomic mass is 10.2. The summed E-state index contributed by atoms with van der Waals surface area (Å²) in [5.74, 6) is -0.714. The highest BCUT2D eigenvalue weighted by atomic mass is 32.1. The Labute approximate surface area is 96.0 Å². The lowest BCUT2D eigenvalue weighted by Gasteiger charge is -2.02. The number of thiazole rings is 1. The zero-order valence-corrected chi connectivity index (χ0v) is 9.13. The molecule has 1 amide bonds. The van der Waals surface area contributed by atoms with Crippen LogP contribution in [0.2, 0.25) is 0 Å². The number of hydrogen-bond acceptors (Lipinski definition) is 3. The first-order chi connectivity index (χ1) is 7.75. The standard InChI is InChI=1S/C11H9FN2OS/c12-9-3-1-2-8(4-9)11(15)13-5-10-6-16-7-14-10/h1-4,6-7H,5H2,(H,13,15). The number of carbonyl (C=O) groups excluding carboxylic acids is 1. The Hall–Kier alpha value is -1.75. The molecule has 5 heteroatoms. The predicted octanol–water partition coefficient (Wildman–Crippen LogP) is 2.21. The van der Waals surface area contributed by atoms with E-state index in [0.29, 0.717) is 12.1 Å². The zero-order valence-electron chi connectivity index (χ0n) is 8.31. The SMILES string of the molecule is O=C(NCc1cscn1)c1cccc(F)c1. The Morgan fingerprint density at radius 3 is 3.06 bits per heavy atom. The van der Waals surface area contributed by atoms with Gasteiger partial charge in [0, 0.05) is 10.9 Å². The van der Waals surface area contributed by atoms with Crippen molar-refractivity contribution >= 4 is 17.2 Å². The van der Waals surface area contributed by atoms with Crippen molar-refractivity contribution in [2.45, 2.75) is 6.54 Å². The first kappa shape index (κ1) is 10.8. The maximum atomic E-state index is 12.9. The van der Waals surface area contributed by atoms with Crippen molar-refractivity contribution in [2.24, 2.45) is 0 Å². The molecule has 2 rings (SSSR count). The minimum atomic E-state index is -0.415. The Kier molecular flexibility index (Phi) is 3.26. The van der Waals surface area contributed by atoms with Crippen LogP contribution >= 0.6 is 11.3 Å². The van der Waals surface area contributed by atoms with E-state index in [1.54, 1.807) is 11.6 Å². The van der Waals surface area contributed by atoms with Gasteiger partial charge in [0.1, 0.15) is 5.82 Å². The molecular weight excluding hydrogens is 227 g/mol. The molecule has 0 unspecified atom stereocenters. The highest BCUT2D eigenvalue weighted by Crippen LogP contribution is 2.04. The van der Waals surface area contributed by atoms with E-state index in [2.05, 4.69) is 10.3 Å². The number of halogens is 1. The molecule has 0 aliphatic carbocycles. The summed E-state index contributed by atoms with van der Waals surface area (Å²) in [4.78, 5) is 15.6. The Bertz CT molecular complexity index is 484. The van der Waals surface area contributed by atoms with Gasteiger partial charge in [-0.1, -0.05) is 6.07 Å². The van der Waals surface area contributed by atoms with Crippen molar-refractivity contribution in [3.05, 3.63) is 52.2 Å². The molecule has 0 aliphatic heterocycles. The molecule has 1 heterocycles. The van der Waals surface area contributed by atoms with E-state index in [1.165, 1.54) is 29.5 Å². The monoisotopic (exact) mass is 236 g/mol. The van der Waals surface area contributed by atoms with Gasteiger partial charge in [-0.2, -0.15) is 0 Å². The fourth-order valence-corrected chi connectivity index (χ4v) is 1.79. The molecule has 0 atom stereocenters. The second-order valence-corrected chi connectivity index (χ2v) is 3.89. The van der Waals surface area contributed by atoms with Crippen LogP contribution in [0.5, 0.6) is 0 Å². The number of benzene rings is 1. The van der Waals surface area contributed by atoms with Gasteiger partial charge in [-0.05, 0) is 18.2 Å². The maximum Gasteiger partial charge on any atom is 0.251 e. The molecular formula is C11H9FN2OS. The molecule has 3 nitrogen and oxygen atoms in total. The lowest BCUT2D eigenvalue weighted by molar-refractivity contribution is 0.0950. The molecule has 1 aromatic carbocycles. The Morgan fingerprint density at radius 2 is 2.38 bits per heavy atom. The smallest absolute Gasteiger partial charge is 0.251 e. The molecule has 1 N–H and O–H groups in total. The summed E-state index contributed by atoms with van der Waals surface area (Å²) < 4.78 is 12.9. The normalized spacial score (nSPS) is 10.1. The van der Waals surface area contributed by atoms with E-state index in [9.17, 15) is 9.18 Å². The van der Waals surface area contributed by atoms with Crippen LogP contribution in [0.4, 0.5) is 4.39 Å². The molecule has 16 heavy (non-hydrogen) atoms. The van der Waals surface area contributed by atoms with Crippen molar-refractivity contribution in [1.82, 2.24) is 10.3 Å². The molecule has 0 bridgehead atoms. The molecule has 1 aromatic heterocycles. The predicted molar refractivity (Wildman–Crippen MR) is 59.7 cm³/mol. The van der Waals surface area contributed by atoms with E-state index < -0.39 is 5.82 Å². The first-order valence-corrected chi connectivity index (χ1v) is 5.61. The summed E-state index contributed by atoms with van der Waals surface area (Å²) in [6.45, 7) is 0.360. The molecule has 0 spiro atoms. The summed E-state index contributed by atoms with van der Waals surface area (Å²) in [5.41, 5.74) is 2.81. The van der Waals surface area contributed by atoms with Crippen molar-refractivity contribution in [1.29, 1.82) is 0 Å². The van der Waals surface area contributed by atoms with Crippen LogP contribution in [0.25, 0.3) is 0 Å². The van der Waals surface area contributed by atoms with E-state index >= 15 is 0 Å². The minimum absolute atomic E-state index is 0.299. The summed E-state index contributed by atoms with van der Waals surface area (Å²) in [6, 6.07) is 5.58. The van der Waals surface area contributed by atoms with Crippen molar-refractivity contribution < 1.29 is 9.18 Å². The van der Waals surface area contributed by atoms with Gasteiger partial charge < -0.3 is 5.32 Å². The van der Waals surface area contributed by atoms with Crippen molar-refractivity contribution in [3.8, 4) is 0 Å². The van der Waals surface area contributed by atoms with E-state index in [1.807, 2.05) is 5.38 Å². The summed E-state index contributed by atoms with van der Waals surface area (Å²) in [7, 11) is 0. The van der Waals surface area contributed by atoms with Crippen LogP contribution in [-0.4, -0.2) is 10.9 Å². The van der Waals surface area contributed by atoms with Crippen LogP contribution in [0.1, 0.15) is 16.1 Å². The third-order valence-electron chi connectivity index (χ3n) is 2.00. The topological polar surface area (TPSA) is 42.0 Å². The second kappa shape index (κ2) is 4.85. The van der Waals surface area contributed by atoms with Gasteiger partial charge in [-0.15, -0.1) is 11.3 Å². The first-order valence-electron chi connectivity index (χ1n) is 4.66. The number of amides is 1. The van der Waals surface area contributed by atoms with Gasteiger partial charge in [-0.25, -0.2) is 9.37 Å². The molecule has 0 saturated heterocycles. The number of carbonyl (C=O) groups is 1. The highest BCUT2D eigenvalue weighted by Gasteiger charge is 2.06. The molecule has 0 saturated carbocycles. The van der Waals surface area contributed by atoms with Gasteiger partial charge in [0.15, 0.2) is 0 Å². The summed E-state index contributed by atoms with van der Waals surface area (Å²) >= 11 is 1.47. The van der Waals surface area contributed by atoms with Crippen LogP contribution in [0.3, 0.4) is 0 Å². The van der Waals surface area contributed by atoms with E-state index in [-0.39, 0.29) is 5.91 Å². The average molecular weight is 236 g/mol. The number of hydrogen-bond donors (Lipinski definition) is 1. The molecule has 0 aliphatic rings. The summed E-state index contributed by atoms with van der Waals surface area (Å²) in [6.07, 6.45) is 0. The Balaban J connectivity index is 1.98. The number of nitrogens with zero attached hydrogens (tertiary/aromatic N) is 1. The third kappa shape index (κ3) is 2.64. The summed E-state index contributed by atoms with van der Waals surface area (Å²) in [5, 5.41) is 4.52. The average Bonchev–Trinajstić information content (AvgIpc) is 2.78. The molecule has 0 radical (unpaired) electrons. The van der Waals surface area contributed by atoms with Gasteiger partial charge in [0.05, 0.1) is 17.7 Å². The second-order valence-electron chi connectivity index (χ2n) is 3.17. The van der Waals surface area contributed by atoms with Gasteiger partial charge in [0.2, 0.25) is 0 Å². The van der Waals surface area contributed by atoms with Crippen LogP contribution in [0, 0.1) is 5.82 Å². The van der Waals surface area contributed by atoms with Crippen molar-refractivity contribution in [2.75, 3.05) is 0 Å². The van der Waals surface area contributed by atoms with E-state index in [4.69, 9.17) is 0 Å². The van der Waals surface area contributed by atoms with Crippen LogP contribution < -0.4 is 5.32 Å². The number of nitrogens with one attached hydrogen (secondary N) is 1. The Morgan fingerprint density at radius 1 is 1.50 bits per heavy atom. The van der Waals surface area contributed by atoms with Crippen LogP contribution in [-0.2, 0) is 6.54 Å². The van der Waals surface area contributed by atoms with Crippen molar-refractivity contribution in [3.63, 3.8) is 0 Å². The van der Waals surface area contributed by atoms with Gasteiger partial charge >= 0.3 is 0 Å². The quantitative estimate of drug-likeness (QED) is 0.887. The third-order valence-corrected chi connectivity index (χ3v) is 2.64. The molecule has 0 fully saturated rings. The van der Waals surface area contributed by atoms with Gasteiger partial charge in [0.25, 0.3) is 5.91 Å². The highest BCUT2D eigenvalue weighted by molar-refractivity contribution is 7.07. The molecule has 82 valence electrons. The van der Waals surface area contributed by atoms with E-state index in [0.717, 1.165) is 5.69 Å². The fraction of sp³-hybridized carbons (Fsp3) is 0.0909. The maximum absolute atomic E-state index is 12.9. The lowest BCUT2D eigenvalue weighted by Crippen LogP contribution is -2.22. The van der Waals surface area contributed by atoms with Gasteiger partial charge in [-0.3, -0.25) is 4.79 Å². The van der Waals surface area contributed by atoms with Crippen LogP contribution in [0.15, 0.2) is 35.2 Å². The minimum Gasteiger partial charge on any atom is -0.346 e.